The number of hydrogen-bond donors (Lipinski definition) is 2. The summed E-state index contributed by atoms with van der Waals surface area (Å²) >= 11 is 6.03. The van der Waals surface area contributed by atoms with E-state index in [-0.39, 0.29) is 24.2 Å². The molecule has 0 saturated heterocycles. The lowest BCUT2D eigenvalue weighted by atomic mass is 9.83. The highest BCUT2D eigenvalue weighted by atomic mass is 35.5. The Morgan fingerprint density at radius 3 is 2.58 bits per heavy atom. The van der Waals surface area contributed by atoms with Crippen LogP contribution < -0.4 is 5.32 Å². The lowest BCUT2D eigenvalue weighted by Gasteiger charge is -2.25. The van der Waals surface area contributed by atoms with Gasteiger partial charge in [0, 0.05) is 29.2 Å². The van der Waals surface area contributed by atoms with E-state index in [1.165, 1.54) is 12.3 Å². The summed E-state index contributed by atoms with van der Waals surface area (Å²) in [5.41, 5.74) is 3.99. The van der Waals surface area contributed by atoms with E-state index >= 15 is 4.39 Å². The van der Waals surface area contributed by atoms with Gasteiger partial charge in [-0.15, -0.1) is 0 Å². The normalized spacial score (nSPS) is 15.4. The first-order chi connectivity index (χ1) is 17.2. The average molecular weight is 509 g/mol. The highest BCUT2D eigenvalue weighted by Crippen LogP contribution is 2.40. The third-order valence-electron chi connectivity index (χ3n) is 7.17. The van der Waals surface area contributed by atoms with Crippen LogP contribution in [-0.4, -0.2) is 22.0 Å². The second-order valence-corrected chi connectivity index (χ2v) is 10.1. The molecule has 5 nitrogen and oxygen atoms in total. The van der Waals surface area contributed by atoms with Crippen LogP contribution in [0.25, 0.3) is 11.1 Å². The second-order valence-electron chi connectivity index (χ2n) is 9.66. The molecule has 3 aromatic rings. The molecule has 1 aliphatic rings. The summed E-state index contributed by atoms with van der Waals surface area (Å²) in [6.45, 7) is 3.75. The number of halogens is 2. The molecule has 7 heteroatoms. The number of nitrogens with zero attached hydrogens (tertiary/aromatic N) is 1. The van der Waals surface area contributed by atoms with Crippen molar-refractivity contribution in [2.24, 2.45) is 5.92 Å². The lowest BCUT2D eigenvalue weighted by molar-refractivity contribution is -0.137. The second kappa shape index (κ2) is 11.2. The number of amides is 1. The fourth-order valence-corrected chi connectivity index (χ4v) is 5.53. The molecular formula is C29H30ClFN2O3. The summed E-state index contributed by atoms with van der Waals surface area (Å²) in [4.78, 5) is 28.9. The smallest absolute Gasteiger partial charge is 0.303 e. The fraction of sp³-hybridized carbons (Fsp3) is 0.345. The molecule has 0 spiro atoms. The highest BCUT2D eigenvalue weighted by molar-refractivity contribution is 6.30. The summed E-state index contributed by atoms with van der Waals surface area (Å²) in [6.07, 6.45) is 6.98. The van der Waals surface area contributed by atoms with Gasteiger partial charge in [0.25, 0.3) is 0 Å². The first kappa shape index (κ1) is 25.8. The van der Waals surface area contributed by atoms with Gasteiger partial charge in [-0.3, -0.25) is 14.6 Å². The lowest BCUT2D eigenvalue weighted by Crippen LogP contribution is -2.27. The van der Waals surface area contributed by atoms with Crippen molar-refractivity contribution < 1.29 is 19.1 Å². The molecule has 0 radical (unpaired) electrons. The van der Waals surface area contributed by atoms with Gasteiger partial charge < -0.3 is 10.4 Å². The molecule has 2 aromatic carbocycles. The minimum Gasteiger partial charge on any atom is -0.481 e. The van der Waals surface area contributed by atoms with Crippen molar-refractivity contribution >= 4 is 29.2 Å². The molecule has 1 fully saturated rings. The molecular weight excluding hydrogens is 479 g/mol. The molecule has 188 valence electrons. The first-order valence-corrected chi connectivity index (χ1v) is 12.6. The third-order valence-corrected chi connectivity index (χ3v) is 7.37. The van der Waals surface area contributed by atoms with E-state index in [0.29, 0.717) is 27.4 Å². The van der Waals surface area contributed by atoms with E-state index in [9.17, 15) is 14.7 Å². The van der Waals surface area contributed by atoms with Crippen LogP contribution in [0.5, 0.6) is 0 Å². The SMILES string of the molecule is Cc1c(NC(=O)[C@@H](c2ccc(-c3cncc(Cl)c3)c(F)c2)C2CCCC2)cccc1[C@H](C)CC(=O)O. The van der Waals surface area contributed by atoms with Gasteiger partial charge in [0.2, 0.25) is 5.91 Å². The molecule has 0 bridgehead atoms. The number of hydrogen-bond acceptors (Lipinski definition) is 3. The number of carboxylic acids is 1. The molecule has 1 aromatic heterocycles. The van der Waals surface area contributed by atoms with Crippen molar-refractivity contribution in [1.82, 2.24) is 4.98 Å². The fourth-order valence-electron chi connectivity index (χ4n) is 5.35. The van der Waals surface area contributed by atoms with Crippen LogP contribution >= 0.6 is 11.6 Å². The number of carboxylic acid groups (broad SMARTS) is 1. The predicted octanol–water partition coefficient (Wildman–Crippen LogP) is 7.34. The maximum atomic E-state index is 15.3. The zero-order valence-electron chi connectivity index (χ0n) is 20.4. The molecule has 1 amide bonds. The summed E-state index contributed by atoms with van der Waals surface area (Å²) in [7, 11) is 0. The summed E-state index contributed by atoms with van der Waals surface area (Å²) in [5.74, 6) is -2.02. The van der Waals surface area contributed by atoms with Gasteiger partial charge in [-0.2, -0.15) is 0 Å². The zero-order valence-corrected chi connectivity index (χ0v) is 21.2. The number of nitrogens with one attached hydrogen (secondary N) is 1. The summed E-state index contributed by atoms with van der Waals surface area (Å²) in [6, 6.07) is 12.2. The van der Waals surface area contributed by atoms with Gasteiger partial charge in [0.15, 0.2) is 0 Å². The van der Waals surface area contributed by atoms with E-state index < -0.39 is 17.7 Å². The van der Waals surface area contributed by atoms with Crippen LogP contribution in [0.2, 0.25) is 5.02 Å². The topological polar surface area (TPSA) is 79.3 Å². The average Bonchev–Trinajstić information content (AvgIpc) is 3.34. The number of pyridine rings is 1. The number of carbonyl (C=O) groups is 2. The molecule has 1 saturated carbocycles. The Morgan fingerprint density at radius 2 is 1.92 bits per heavy atom. The van der Waals surface area contributed by atoms with E-state index in [4.69, 9.17) is 11.6 Å². The van der Waals surface area contributed by atoms with Crippen LogP contribution in [0, 0.1) is 18.7 Å². The monoisotopic (exact) mass is 508 g/mol. The number of rotatable bonds is 8. The largest absolute Gasteiger partial charge is 0.481 e. The summed E-state index contributed by atoms with van der Waals surface area (Å²) < 4.78 is 15.3. The van der Waals surface area contributed by atoms with Crippen molar-refractivity contribution in [2.45, 2.75) is 57.8 Å². The van der Waals surface area contributed by atoms with Crippen LogP contribution in [0.1, 0.15) is 67.6 Å². The van der Waals surface area contributed by atoms with Gasteiger partial charge in [-0.1, -0.05) is 55.6 Å². The van der Waals surface area contributed by atoms with Gasteiger partial charge in [-0.25, -0.2) is 4.39 Å². The summed E-state index contributed by atoms with van der Waals surface area (Å²) in [5, 5.41) is 12.7. The van der Waals surface area contributed by atoms with E-state index in [0.717, 1.165) is 36.8 Å². The van der Waals surface area contributed by atoms with Crippen LogP contribution in [0.4, 0.5) is 10.1 Å². The molecule has 4 rings (SSSR count). The molecule has 0 aliphatic heterocycles. The number of aromatic nitrogens is 1. The number of benzene rings is 2. The maximum absolute atomic E-state index is 15.3. The van der Waals surface area contributed by atoms with Gasteiger partial charge in [0.05, 0.1) is 17.4 Å². The molecule has 36 heavy (non-hydrogen) atoms. The van der Waals surface area contributed by atoms with Crippen molar-refractivity contribution in [3.8, 4) is 11.1 Å². The zero-order chi connectivity index (χ0) is 25.8. The predicted molar refractivity (Wildman–Crippen MR) is 140 cm³/mol. The van der Waals surface area contributed by atoms with Gasteiger partial charge in [-0.05, 0) is 66.5 Å². The van der Waals surface area contributed by atoms with Crippen molar-refractivity contribution in [1.29, 1.82) is 0 Å². The third kappa shape index (κ3) is 5.76. The van der Waals surface area contributed by atoms with Crippen LogP contribution in [0.15, 0.2) is 54.9 Å². The van der Waals surface area contributed by atoms with E-state index in [1.807, 2.05) is 38.1 Å². The van der Waals surface area contributed by atoms with Crippen molar-refractivity contribution in [2.75, 3.05) is 5.32 Å². The Kier molecular flexibility index (Phi) is 8.04. The Morgan fingerprint density at radius 1 is 1.17 bits per heavy atom. The van der Waals surface area contributed by atoms with Crippen LogP contribution in [0.3, 0.4) is 0 Å². The van der Waals surface area contributed by atoms with E-state index in [2.05, 4.69) is 10.3 Å². The molecule has 2 N–H and O–H groups in total. The Balaban J connectivity index is 1.64. The standard InChI is InChI=1S/C29H30ClFN2O3/c1-17(12-27(34)35)23-8-5-9-26(18(23)2)33-29(36)28(19-6-3-4-7-19)20-10-11-24(25(31)14-20)21-13-22(30)16-32-15-21/h5,8-11,13-17,19,28H,3-4,6-7,12H2,1-2H3,(H,33,36)(H,34,35)/t17-,28-/m1/s1. The Bertz CT molecular complexity index is 1270. The minimum absolute atomic E-state index is 0.0106. The van der Waals surface area contributed by atoms with Gasteiger partial charge >= 0.3 is 5.97 Å². The van der Waals surface area contributed by atoms with Crippen molar-refractivity contribution in [3.05, 3.63) is 82.4 Å². The minimum atomic E-state index is -0.864. The first-order valence-electron chi connectivity index (χ1n) is 12.3. The molecule has 1 heterocycles. The number of carbonyl (C=O) groups excluding carboxylic acids is 1. The number of aliphatic carboxylic acids is 1. The Hall–Kier alpha value is -3.25. The highest BCUT2D eigenvalue weighted by Gasteiger charge is 2.33. The molecule has 1 aliphatic carbocycles. The van der Waals surface area contributed by atoms with Crippen LogP contribution in [-0.2, 0) is 9.59 Å². The molecule has 0 unspecified atom stereocenters. The quantitative estimate of drug-likeness (QED) is 0.333. The Labute approximate surface area is 215 Å². The van der Waals surface area contributed by atoms with Crippen molar-refractivity contribution in [3.63, 3.8) is 0 Å². The maximum Gasteiger partial charge on any atom is 0.303 e. The van der Waals surface area contributed by atoms with E-state index in [1.54, 1.807) is 18.3 Å². The van der Waals surface area contributed by atoms with Gasteiger partial charge in [0.1, 0.15) is 5.82 Å². The number of anilines is 1. The molecule has 2 atom stereocenters.